The minimum Gasteiger partial charge on any atom is -0.497 e. The first-order valence-electron chi connectivity index (χ1n) is 9.35. The Bertz CT molecular complexity index is 739. The average molecular weight is 512 g/mol. The van der Waals surface area contributed by atoms with Crippen molar-refractivity contribution in [1.29, 1.82) is 0 Å². The van der Waals surface area contributed by atoms with Crippen molar-refractivity contribution in [2.24, 2.45) is 4.99 Å². The van der Waals surface area contributed by atoms with Gasteiger partial charge in [-0.2, -0.15) is 0 Å². The van der Waals surface area contributed by atoms with Crippen LogP contribution in [0.5, 0.6) is 11.5 Å². The number of hydrogen-bond acceptors (Lipinski definition) is 4. The zero-order valence-corrected chi connectivity index (χ0v) is 19.1. The fourth-order valence-electron chi connectivity index (χ4n) is 2.38. The van der Waals surface area contributed by atoms with E-state index < -0.39 is 0 Å². The van der Waals surface area contributed by atoms with Gasteiger partial charge in [0.2, 0.25) is 0 Å². The number of para-hydroxylation sites is 1. The van der Waals surface area contributed by atoms with Crippen molar-refractivity contribution in [3.8, 4) is 11.5 Å². The summed E-state index contributed by atoms with van der Waals surface area (Å²) in [5.74, 6) is 2.12. The zero-order chi connectivity index (χ0) is 20.0. The summed E-state index contributed by atoms with van der Waals surface area (Å²) in [7, 11) is 1.59. The second-order valence-corrected chi connectivity index (χ2v) is 5.83. The van der Waals surface area contributed by atoms with Gasteiger partial charge in [-0.05, 0) is 43.3 Å². The number of nitrogens with one attached hydrogen (secondary N) is 3. The second-order valence-electron chi connectivity index (χ2n) is 5.83. The van der Waals surface area contributed by atoms with E-state index in [-0.39, 0.29) is 29.9 Å². The number of ether oxygens (including phenoxy) is 2. The lowest BCUT2D eigenvalue weighted by atomic mass is 10.2. The van der Waals surface area contributed by atoms with Crippen LogP contribution in [0.2, 0.25) is 0 Å². The second kappa shape index (κ2) is 14.5. The minimum atomic E-state index is -0.132. The topological polar surface area (TPSA) is 84.0 Å². The lowest BCUT2D eigenvalue weighted by Crippen LogP contribution is -2.40. The van der Waals surface area contributed by atoms with Gasteiger partial charge in [0.05, 0.1) is 20.2 Å². The fourth-order valence-corrected chi connectivity index (χ4v) is 2.38. The van der Waals surface area contributed by atoms with Crippen LogP contribution in [0, 0.1) is 0 Å². The summed E-state index contributed by atoms with van der Waals surface area (Å²) in [5.41, 5.74) is 0.591. The van der Waals surface area contributed by atoms with Gasteiger partial charge in [0.15, 0.2) is 5.96 Å². The number of hydrogen-bond donors (Lipinski definition) is 3. The molecule has 29 heavy (non-hydrogen) atoms. The van der Waals surface area contributed by atoms with Crippen molar-refractivity contribution in [3.05, 3.63) is 60.2 Å². The molecule has 7 nitrogen and oxygen atoms in total. The van der Waals surface area contributed by atoms with E-state index in [9.17, 15) is 4.79 Å². The quantitative estimate of drug-likeness (QED) is 0.197. The van der Waals surface area contributed by atoms with Crippen molar-refractivity contribution in [2.75, 3.05) is 39.9 Å². The Labute approximate surface area is 189 Å². The molecule has 0 aliphatic carbocycles. The van der Waals surface area contributed by atoms with E-state index in [1.54, 1.807) is 31.4 Å². The first-order chi connectivity index (χ1) is 13.7. The maximum Gasteiger partial charge on any atom is 0.251 e. The average Bonchev–Trinajstić information content (AvgIpc) is 2.74. The standard InChI is InChI=1S/C21H28N4O3.HI/c1-3-22-21(25-15-16-28-19-7-5-4-6-8-19)24-14-13-23-20(26)17-9-11-18(27-2)12-10-17;/h4-12H,3,13-16H2,1-2H3,(H,23,26)(H2,22,24,25);1H. The highest BCUT2D eigenvalue weighted by Gasteiger charge is 2.04. The molecule has 0 aliphatic heterocycles. The van der Waals surface area contributed by atoms with E-state index in [4.69, 9.17) is 9.47 Å². The Morgan fingerprint density at radius 3 is 2.31 bits per heavy atom. The Balaban J connectivity index is 0.00000420. The summed E-state index contributed by atoms with van der Waals surface area (Å²) in [6, 6.07) is 16.7. The molecule has 0 radical (unpaired) electrons. The summed E-state index contributed by atoms with van der Waals surface area (Å²) in [5, 5.41) is 9.24. The number of carbonyl (C=O) groups is 1. The van der Waals surface area contributed by atoms with Crippen LogP contribution in [0.25, 0.3) is 0 Å². The maximum absolute atomic E-state index is 12.1. The highest BCUT2D eigenvalue weighted by molar-refractivity contribution is 14.0. The molecule has 158 valence electrons. The number of amides is 1. The van der Waals surface area contributed by atoms with Crippen LogP contribution in [-0.4, -0.2) is 51.8 Å². The molecule has 0 bridgehead atoms. The first-order valence-corrected chi connectivity index (χ1v) is 9.35. The summed E-state index contributed by atoms with van der Waals surface area (Å²) in [6.45, 7) is 4.83. The summed E-state index contributed by atoms with van der Waals surface area (Å²) >= 11 is 0. The van der Waals surface area contributed by atoms with Gasteiger partial charge in [-0.25, -0.2) is 0 Å². The Hall–Kier alpha value is -2.49. The molecule has 8 heteroatoms. The molecule has 2 aromatic rings. The minimum absolute atomic E-state index is 0. The molecule has 0 aliphatic rings. The Morgan fingerprint density at radius 2 is 1.66 bits per heavy atom. The number of nitrogens with zero attached hydrogens (tertiary/aromatic N) is 1. The maximum atomic E-state index is 12.1. The molecule has 0 heterocycles. The molecule has 0 saturated carbocycles. The number of methoxy groups -OCH3 is 1. The van der Waals surface area contributed by atoms with E-state index in [1.165, 1.54) is 0 Å². The van der Waals surface area contributed by atoms with Crippen LogP contribution in [-0.2, 0) is 0 Å². The van der Waals surface area contributed by atoms with Gasteiger partial charge in [-0.1, -0.05) is 18.2 Å². The molecule has 3 N–H and O–H groups in total. The number of halogens is 1. The summed E-state index contributed by atoms with van der Waals surface area (Å²) in [4.78, 5) is 16.6. The Morgan fingerprint density at radius 1 is 0.931 bits per heavy atom. The van der Waals surface area contributed by atoms with Crippen LogP contribution in [0.3, 0.4) is 0 Å². The summed E-state index contributed by atoms with van der Waals surface area (Å²) < 4.78 is 10.7. The molecule has 0 atom stereocenters. The van der Waals surface area contributed by atoms with Crippen LogP contribution in [0.1, 0.15) is 17.3 Å². The van der Waals surface area contributed by atoms with Gasteiger partial charge in [0.1, 0.15) is 18.1 Å². The molecular formula is C21H29IN4O3. The smallest absolute Gasteiger partial charge is 0.251 e. The number of guanidine groups is 1. The molecule has 2 aromatic carbocycles. The lowest BCUT2D eigenvalue weighted by molar-refractivity contribution is 0.0955. The lowest BCUT2D eigenvalue weighted by Gasteiger charge is -2.12. The van der Waals surface area contributed by atoms with Crippen LogP contribution < -0.4 is 25.4 Å². The monoisotopic (exact) mass is 512 g/mol. The predicted octanol–water partition coefficient (Wildman–Crippen LogP) is 2.68. The normalized spacial score (nSPS) is 10.5. The van der Waals surface area contributed by atoms with E-state index in [0.29, 0.717) is 37.8 Å². The van der Waals surface area contributed by atoms with Gasteiger partial charge >= 0.3 is 0 Å². The molecule has 0 aromatic heterocycles. The van der Waals surface area contributed by atoms with Crippen molar-refractivity contribution < 1.29 is 14.3 Å². The van der Waals surface area contributed by atoms with Crippen LogP contribution in [0.15, 0.2) is 59.6 Å². The third kappa shape index (κ3) is 9.51. The van der Waals surface area contributed by atoms with E-state index in [0.717, 1.165) is 18.0 Å². The van der Waals surface area contributed by atoms with Crippen molar-refractivity contribution in [1.82, 2.24) is 16.0 Å². The van der Waals surface area contributed by atoms with Gasteiger partial charge < -0.3 is 25.4 Å². The number of aliphatic imine (C=N–C) groups is 1. The zero-order valence-electron chi connectivity index (χ0n) is 16.8. The fraction of sp³-hybridized carbons (Fsp3) is 0.333. The van der Waals surface area contributed by atoms with Gasteiger partial charge in [-0.3, -0.25) is 9.79 Å². The largest absolute Gasteiger partial charge is 0.497 e. The third-order valence-electron chi connectivity index (χ3n) is 3.77. The molecule has 0 fully saturated rings. The van der Waals surface area contributed by atoms with E-state index in [1.807, 2.05) is 37.3 Å². The first kappa shape index (κ1) is 24.5. The van der Waals surface area contributed by atoms with Crippen LogP contribution >= 0.6 is 24.0 Å². The van der Waals surface area contributed by atoms with E-state index >= 15 is 0 Å². The third-order valence-corrected chi connectivity index (χ3v) is 3.77. The highest BCUT2D eigenvalue weighted by atomic mass is 127. The molecule has 0 spiro atoms. The van der Waals surface area contributed by atoms with Crippen LogP contribution in [0.4, 0.5) is 0 Å². The SMILES string of the molecule is CCNC(=NCCNC(=O)c1ccc(OC)cc1)NCCOc1ccccc1.I. The molecule has 0 unspecified atom stereocenters. The Kier molecular flexibility index (Phi) is 12.3. The summed E-state index contributed by atoms with van der Waals surface area (Å²) in [6.07, 6.45) is 0. The molecule has 1 amide bonds. The van der Waals surface area contributed by atoms with Gasteiger partial charge in [0.25, 0.3) is 5.91 Å². The number of benzene rings is 2. The van der Waals surface area contributed by atoms with Gasteiger partial charge in [0, 0.05) is 18.7 Å². The van der Waals surface area contributed by atoms with Crippen molar-refractivity contribution >= 4 is 35.8 Å². The molecular weight excluding hydrogens is 483 g/mol. The number of rotatable bonds is 10. The van der Waals surface area contributed by atoms with Crippen molar-refractivity contribution in [3.63, 3.8) is 0 Å². The number of carbonyl (C=O) groups excluding carboxylic acids is 1. The molecule has 2 rings (SSSR count). The highest BCUT2D eigenvalue weighted by Crippen LogP contribution is 2.11. The van der Waals surface area contributed by atoms with Crippen molar-refractivity contribution in [2.45, 2.75) is 6.92 Å². The molecule has 0 saturated heterocycles. The van der Waals surface area contributed by atoms with Gasteiger partial charge in [-0.15, -0.1) is 24.0 Å². The predicted molar refractivity (Wildman–Crippen MR) is 127 cm³/mol. The van der Waals surface area contributed by atoms with E-state index in [2.05, 4.69) is 20.9 Å².